The van der Waals surface area contributed by atoms with Crippen LogP contribution in [0.2, 0.25) is 0 Å². The third-order valence-electron chi connectivity index (χ3n) is 1.27. The molecule has 0 aliphatic carbocycles. The van der Waals surface area contributed by atoms with Gasteiger partial charge in [0.1, 0.15) is 5.69 Å². The highest BCUT2D eigenvalue weighted by molar-refractivity contribution is 5.50. The summed E-state index contributed by atoms with van der Waals surface area (Å²) < 4.78 is 0. The fourth-order valence-electron chi connectivity index (χ4n) is 0.810. The molecule has 56 valence electrons. The Bertz CT molecular complexity index is 300. The van der Waals surface area contributed by atoms with E-state index < -0.39 is 0 Å². The Balaban J connectivity index is 2.46. The molecule has 1 aliphatic rings. The van der Waals surface area contributed by atoms with Crippen LogP contribution in [-0.2, 0) is 0 Å². The highest BCUT2D eigenvalue weighted by Crippen LogP contribution is 2.30. The van der Waals surface area contributed by atoms with Gasteiger partial charge in [-0.2, -0.15) is 0 Å². The zero-order chi connectivity index (χ0) is 7.68. The first kappa shape index (κ1) is 6.11. The molecule has 0 amide bonds. The zero-order valence-corrected chi connectivity index (χ0v) is 5.51. The fourth-order valence-corrected chi connectivity index (χ4v) is 0.810. The number of benzene rings is 1. The van der Waals surface area contributed by atoms with Crippen LogP contribution in [-0.4, -0.2) is 10.5 Å². The molecule has 0 radical (unpaired) electrons. The molecule has 5 heteroatoms. The van der Waals surface area contributed by atoms with Crippen LogP contribution in [0.1, 0.15) is 0 Å². The molecule has 1 N–H and O–H groups in total. The Hall–Kier alpha value is -1.62. The van der Waals surface area contributed by atoms with E-state index in [2.05, 4.69) is 10.3 Å². The van der Waals surface area contributed by atoms with Crippen LogP contribution in [0.4, 0.5) is 5.69 Å². The molecule has 1 heterocycles. The van der Waals surface area contributed by atoms with Crippen molar-refractivity contribution in [3.05, 3.63) is 24.3 Å². The molecule has 1 aromatic rings. The van der Waals surface area contributed by atoms with Gasteiger partial charge in [-0.3, -0.25) is 0 Å². The third kappa shape index (κ3) is 1.01. The van der Waals surface area contributed by atoms with E-state index in [4.69, 9.17) is 10.0 Å². The van der Waals surface area contributed by atoms with Crippen LogP contribution < -0.4 is 4.84 Å². The van der Waals surface area contributed by atoms with Gasteiger partial charge in [0, 0.05) is 5.34 Å². The second kappa shape index (κ2) is 2.21. The Morgan fingerprint density at radius 3 is 3.09 bits per heavy atom. The monoisotopic (exact) mass is 151 g/mol. The average Bonchev–Trinajstić information content (AvgIpc) is 2.04. The van der Waals surface area contributed by atoms with Crippen molar-refractivity contribution in [3.63, 3.8) is 0 Å². The summed E-state index contributed by atoms with van der Waals surface area (Å²) in [5, 5.41) is 15.9. The van der Waals surface area contributed by atoms with E-state index in [1.165, 1.54) is 0 Å². The highest BCUT2D eigenvalue weighted by Gasteiger charge is 2.10. The lowest BCUT2D eigenvalue weighted by Gasteiger charge is -2.14. The minimum Gasteiger partial charge on any atom is -0.335 e. The maximum absolute atomic E-state index is 8.71. The first-order valence-electron chi connectivity index (χ1n) is 3.04. The molecule has 11 heavy (non-hydrogen) atoms. The standard InChI is InChI=1S/C6H5N3O2/c10-9-8-7-5-3-1-2-4-6(5)11-9/h1-4,10H. The summed E-state index contributed by atoms with van der Waals surface area (Å²) in [6.45, 7) is 0. The van der Waals surface area contributed by atoms with Crippen molar-refractivity contribution >= 4 is 5.69 Å². The van der Waals surface area contributed by atoms with Gasteiger partial charge in [0.2, 0.25) is 0 Å². The van der Waals surface area contributed by atoms with Gasteiger partial charge < -0.3 is 4.84 Å². The molecule has 1 aliphatic heterocycles. The van der Waals surface area contributed by atoms with Gasteiger partial charge in [0.25, 0.3) is 0 Å². The molecule has 0 saturated carbocycles. The van der Waals surface area contributed by atoms with E-state index in [9.17, 15) is 0 Å². The van der Waals surface area contributed by atoms with Crippen molar-refractivity contribution in [2.45, 2.75) is 0 Å². The SMILES string of the molecule is ON1N=Nc2ccccc2O1. The summed E-state index contributed by atoms with van der Waals surface area (Å²) in [6, 6.07) is 7.03. The molecule has 2 rings (SSSR count). The van der Waals surface area contributed by atoms with Crippen LogP contribution in [0, 0.1) is 0 Å². The third-order valence-corrected chi connectivity index (χ3v) is 1.27. The molecule has 0 unspecified atom stereocenters. The predicted octanol–water partition coefficient (Wildman–Crippen LogP) is 1.68. The van der Waals surface area contributed by atoms with Crippen molar-refractivity contribution < 1.29 is 10.0 Å². The summed E-state index contributed by atoms with van der Waals surface area (Å²) in [5.41, 5.74) is 0.609. The van der Waals surface area contributed by atoms with Crippen LogP contribution in [0.5, 0.6) is 5.75 Å². The zero-order valence-electron chi connectivity index (χ0n) is 5.51. The maximum atomic E-state index is 8.71. The topological polar surface area (TPSA) is 57.4 Å². The molecular formula is C6H5N3O2. The van der Waals surface area contributed by atoms with Crippen molar-refractivity contribution in [3.8, 4) is 5.75 Å². The average molecular weight is 151 g/mol. The molecule has 0 atom stereocenters. The van der Waals surface area contributed by atoms with Crippen molar-refractivity contribution in [2.24, 2.45) is 10.3 Å². The van der Waals surface area contributed by atoms with Crippen LogP contribution >= 0.6 is 0 Å². The second-order valence-electron chi connectivity index (χ2n) is 2.00. The summed E-state index contributed by atoms with van der Waals surface area (Å²) in [5.74, 6) is 0.491. The van der Waals surface area contributed by atoms with Crippen LogP contribution in [0.3, 0.4) is 0 Å². The first-order valence-corrected chi connectivity index (χ1v) is 3.04. The molecule has 1 aromatic carbocycles. The van der Waals surface area contributed by atoms with Gasteiger partial charge in [-0.1, -0.05) is 12.1 Å². The Morgan fingerprint density at radius 1 is 1.36 bits per heavy atom. The largest absolute Gasteiger partial charge is 0.335 e. The van der Waals surface area contributed by atoms with Crippen molar-refractivity contribution in [1.82, 2.24) is 5.34 Å². The molecule has 5 nitrogen and oxygen atoms in total. The number of para-hydroxylation sites is 1. The van der Waals surface area contributed by atoms with Crippen LogP contribution in [0.15, 0.2) is 34.6 Å². The first-order chi connectivity index (χ1) is 5.36. The second-order valence-corrected chi connectivity index (χ2v) is 2.00. The lowest BCUT2D eigenvalue weighted by molar-refractivity contribution is -0.291. The van der Waals surface area contributed by atoms with E-state index in [0.717, 1.165) is 0 Å². The maximum Gasteiger partial charge on any atom is 0.187 e. The molecule has 0 aromatic heterocycles. The molecule has 0 saturated heterocycles. The molecule has 0 fully saturated rings. The van der Waals surface area contributed by atoms with Crippen LogP contribution in [0.25, 0.3) is 0 Å². The fraction of sp³-hybridized carbons (Fsp3) is 0. The number of hydrogen-bond donors (Lipinski definition) is 1. The van der Waals surface area contributed by atoms with E-state index in [1.807, 2.05) is 6.07 Å². The number of nitrogens with zero attached hydrogens (tertiary/aromatic N) is 3. The smallest absolute Gasteiger partial charge is 0.187 e. The molecule has 0 bridgehead atoms. The van der Waals surface area contributed by atoms with Crippen molar-refractivity contribution in [1.29, 1.82) is 0 Å². The van der Waals surface area contributed by atoms with Gasteiger partial charge in [-0.15, -0.1) is 5.11 Å². The van der Waals surface area contributed by atoms with E-state index in [1.54, 1.807) is 18.2 Å². The van der Waals surface area contributed by atoms with Gasteiger partial charge in [0.05, 0.1) is 0 Å². The van der Waals surface area contributed by atoms with Gasteiger partial charge in [0.15, 0.2) is 5.75 Å². The summed E-state index contributed by atoms with van der Waals surface area (Å²) in [7, 11) is 0. The Labute approximate surface area is 62.4 Å². The lowest BCUT2D eigenvalue weighted by Crippen LogP contribution is -2.17. The minimum absolute atomic E-state index is 0.322. The van der Waals surface area contributed by atoms with Gasteiger partial charge >= 0.3 is 0 Å². The predicted molar refractivity (Wildman–Crippen MR) is 35.2 cm³/mol. The highest BCUT2D eigenvalue weighted by atomic mass is 16.9. The summed E-state index contributed by atoms with van der Waals surface area (Å²) in [4.78, 5) is 4.76. The Kier molecular flexibility index (Phi) is 1.23. The number of rotatable bonds is 0. The lowest BCUT2D eigenvalue weighted by atomic mass is 10.3. The van der Waals surface area contributed by atoms with E-state index >= 15 is 0 Å². The van der Waals surface area contributed by atoms with Gasteiger partial charge in [-0.05, 0) is 17.4 Å². The molecule has 0 spiro atoms. The van der Waals surface area contributed by atoms with E-state index in [-0.39, 0.29) is 0 Å². The van der Waals surface area contributed by atoms with E-state index in [0.29, 0.717) is 16.8 Å². The molecular weight excluding hydrogens is 146 g/mol. The number of hydrogen-bond acceptors (Lipinski definition) is 5. The summed E-state index contributed by atoms with van der Waals surface area (Å²) in [6.07, 6.45) is 0. The summed E-state index contributed by atoms with van der Waals surface area (Å²) >= 11 is 0. The van der Waals surface area contributed by atoms with Crippen molar-refractivity contribution in [2.75, 3.05) is 0 Å². The Morgan fingerprint density at radius 2 is 2.18 bits per heavy atom. The minimum atomic E-state index is 0.322. The number of fused-ring (bicyclic) bond motifs is 1. The normalized spacial score (nSPS) is 14.1. The van der Waals surface area contributed by atoms with Gasteiger partial charge in [-0.25, -0.2) is 5.21 Å². The quantitative estimate of drug-likeness (QED) is 0.613.